The molecule has 0 aliphatic heterocycles. The first-order valence-electron chi connectivity index (χ1n) is 7.95. The van der Waals surface area contributed by atoms with Crippen LogP contribution in [0.25, 0.3) is 0 Å². The number of rotatable bonds is 7. The first kappa shape index (κ1) is 16.0. The van der Waals surface area contributed by atoms with E-state index in [0.29, 0.717) is 6.54 Å². The van der Waals surface area contributed by atoms with Gasteiger partial charge >= 0.3 is 0 Å². The Balaban J connectivity index is 1.59. The summed E-state index contributed by atoms with van der Waals surface area (Å²) in [4.78, 5) is 12.1. The smallest absolute Gasteiger partial charge is 0.234 e. The minimum Gasteiger partial charge on any atom is -0.467 e. The van der Waals surface area contributed by atoms with Crippen LogP contribution >= 0.6 is 0 Å². The molecule has 0 radical (unpaired) electrons. The highest BCUT2D eigenvalue weighted by Crippen LogP contribution is 2.21. The van der Waals surface area contributed by atoms with E-state index in [2.05, 4.69) is 10.6 Å². The van der Waals surface area contributed by atoms with Crippen LogP contribution < -0.4 is 10.6 Å². The van der Waals surface area contributed by atoms with Crippen molar-refractivity contribution in [1.82, 2.24) is 10.6 Å². The van der Waals surface area contributed by atoms with E-state index in [4.69, 9.17) is 4.42 Å². The zero-order valence-electron chi connectivity index (χ0n) is 13.3. The van der Waals surface area contributed by atoms with Crippen molar-refractivity contribution in [2.75, 3.05) is 6.54 Å². The van der Waals surface area contributed by atoms with Gasteiger partial charge in [0.1, 0.15) is 5.76 Å². The van der Waals surface area contributed by atoms with Gasteiger partial charge in [-0.2, -0.15) is 0 Å². The molecular weight excluding hydrogens is 300 g/mol. The molecule has 0 saturated heterocycles. The molecule has 0 spiro atoms. The molecule has 122 valence electrons. The third-order valence-electron chi connectivity index (χ3n) is 3.76. The number of benzene rings is 2. The van der Waals surface area contributed by atoms with E-state index in [9.17, 15) is 4.79 Å². The zero-order valence-corrected chi connectivity index (χ0v) is 13.3. The minimum atomic E-state index is -0.149. The Hall–Kier alpha value is -2.85. The van der Waals surface area contributed by atoms with Crippen LogP contribution in [0.1, 0.15) is 22.9 Å². The maximum absolute atomic E-state index is 12.1. The summed E-state index contributed by atoms with van der Waals surface area (Å²) in [5.74, 6) is 0.739. The third kappa shape index (κ3) is 4.33. The van der Waals surface area contributed by atoms with Crippen molar-refractivity contribution < 1.29 is 9.21 Å². The molecule has 3 aromatic rings. The van der Waals surface area contributed by atoms with Crippen LogP contribution in [0, 0.1) is 0 Å². The van der Waals surface area contributed by atoms with Crippen molar-refractivity contribution in [2.24, 2.45) is 0 Å². The number of carbonyl (C=O) groups is 1. The van der Waals surface area contributed by atoms with E-state index in [0.717, 1.165) is 16.9 Å². The second-order valence-electron chi connectivity index (χ2n) is 5.50. The molecule has 0 aliphatic carbocycles. The van der Waals surface area contributed by atoms with Crippen LogP contribution in [0.15, 0.2) is 83.5 Å². The van der Waals surface area contributed by atoms with Crippen LogP contribution in [-0.4, -0.2) is 12.5 Å². The van der Waals surface area contributed by atoms with Crippen molar-refractivity contribution in [2.45, 2.75) is 12.6 Å². The molecule has 2 N–H and O–H groups in total. The minimum absolute atomic E-state index is 0.0497. The molecule has 4 heteroatoms. The molecule has 4 nitrogen and oxygen atoms in total. The third-order valence-corrected chi connectivity index (χ3v) is 3.76. The lowest BCUT2D eigenvalue weighted by atomic mass is 10.0. The van der Waals surface area contributed by atoms with Gasteiger partial charge in [0.2, 0.25) is 5.91 Å². The Kier molecular flexibility index (Phi) is 5.43. The summed E-state index contributed by atoms with van der Waals surface area (Å²) < 4.78 is 5.52. The molecular formula is C20H20N2O2. The molecule has 1 heterocycles. The lowest BCUT2D eigenvalue weighted by molar-refractivity contribution is -0.120. The largest absolute Gasteiger partial charge is 0.467 e. The van der Waals surface area contributed by atoms with Crippen LogP contribution in [0.3, 0.4) is 0 Å². The van der Waals surface area contributed by atoms with Gasteiger partial charge in [-0.3, -0.25) is 10.1 Å². The van der Waals surface area contributed by atoms with Crippen LogP contribution in [0.5, 0.6) is 0 Å². The standard InChI is InChI=1S/C20H20N2O2/c23-19(21-14-16-8-3-1-4-9-16)15-22-20(18-12-7-13-24-18)17-10-5-2-6-11-17/h1-13,20,22H,14-15H2,(H,21,23)/t20-/m1/s1. The van der Waals surface area contributed by atoms with E-state index in [-0.39, 0.29) is 18.5 Å². The summed E-state index contributed by atoms with van der Waals surface area (Å²) >= 11 is 0. The molecule has 1 amide bonds. The highest BCUT2D eigenvalue weighted by molar-refractivity contribution is 5.78. The molecule has 0 unspecified atom stereocenters. The Morgan fingerprint density at radius 3 is 2.29 bits per heavy atom. The van der Waals surface area contributed by atoms with Crippen molar-refractivity contribution in [1.29, 1.82) is 0 Å². The van der Waals surface area contributed by atoms with Crippen LogP contribution in [0.4, 0.5) is 0 Å². The maximum atomic E-state index is 12.1. The first-order valence-corrected chi connectivity index (χ1v) is 7.95. The number of hydrogen-bond acceptors (Lipinski definition) is 3. The van der Waals surface area contributed by atoms with Gasteiger partial charge in [-0.15, -0.1) is 0 Å². The van der Waals surface area contributed by atoms with Gasteiger partial charge in [-0.05, 0) is 23.3 Å². The van der Waals surface area contributed by atoms with Gasteiger partial charge in [0.05, 0.1) is 18.8 Å². The van der Waals surface area contributed by atoms with E-state index < -0.39 is 0 Å². The molecule has 0 saturated carbocycles. The predicted molar refractivity (Wildman–Crippen MR) is 93.3 cm³/mol. The molecule has 2 aromatic carbocycles. The van der Waals surface area contributed by atoms with Crippen molar-refractivity contribution in [3.05, 3.63) is 95.9 Å². The van der Waals surface area contributed by atoms with Crippen LogP contribution in [0.2, 0.25) is 0 Å². The number of amides is 1. The summed E-state index contributed by atoms with van der Waals surface area (Å²) in [6.45, 7) is 0.741. The fraction of sp³-hybridized carbons (Fsp3) is 0.150. The molecule has 1 atom stereocenters. The normalized spacial score (nSPS) is 11.8. The lowest BCUT2D eigenvalue weighted by Gasteiger charge is -2.17. The topological polar surface area (TPSA) is 54.3 Å². The number of furan rings is 1. The molecule has 3 rings (SSSR count). The highest BCUT2D eigenvalue weighted by atomic mass is 16.3. The van der Waals surface area contributed by atoms with Gasteiger partial charge in [-0.1, -0.05) is 60.7 Å². The summed E-state index contributed by atoms with van der Waals surface area (Å²) in [7, 11) is 0. The second-order valence-corrected chi connectivity index (χ2v) is 5.50. The fourth-order valence-electron chi connectivity index (χ4n) is 2.54. The summed E-state index contributed by atoms with van der Waals surface area (Å²) in [5.41, 5.74) is 2.14. The molecule has 24 heavy (non-hydrogen) atoms. The van der Waals surface area contributed by atoms with Gasteiger partial charge in [0.15, 0.2) is 0 Å². The summed E-state index contributed by atoms with van der Waals surface area (Å²) in [6.07, 6.45) is 1.64. The molecule has 0 bridgehead atoms. The van der Waals surface area contributed by atoms with Gasteiger partial charge in [0.25, 0.3) is 0 Å². The SMILES string of the molecule is O=C(CN[C@H](c1ccccc1)c1ccco1)NCc1ccccc1. The van der Waals surface area contributed by atoms with Gasteiger partial charge in [0, 0.05) is 6.54 Å². The average Bonchev–Trinajstić information content (AvgIpc) is 3.16. The van der Waals surface area contributed by atoms with Crippen molar-refractivity contribution in [3.8, 4) is 0 Å². The first-order chi connectivity index (χ1) is 11.8. The zero-order chi connectivity index (χ0) is 16.6. The Morgan fingerprint density at radius 2 is 1.62 bits per heavy atom. The number of carbonyl (C=O) groups excluding carboxylic acids is 1. The highest BCUT2D eigenvalue weighted by Gasteiger charge is 2.17. The molecule has 1 aromatic heterocycles. The predicted octanol–water partition coefficient (Wildman–Crippen LogP) is 3.28. The average molecular weight is 320 g/mol. The Bertz CT molecular complexity index is 740. The quantitative estimate of drug-likeness (QED) is 0.702. The lowest BCUT2D eigenvalue weighted by Crippen LogP contribution is -2.35. The molecule has 0 aliphatic rings. The Labute approximate surface area is 141 Å². The fourth-order valence-corrected chi connectivity index (χ4v) is 2.54. The number of hydrogen-bond donors (Lipinski definition) is 2. The monoisotopic (exact) mass is 320 g/mol. The molecule has 0 fully saturated rings. The summed E-state index contributed by atoms with van der Waals surface area (Å²) in [5, 5.41) is 6.19. The van der Waals surface area contributed by atoms with E-state index in [1.165, 1.54) is 0 Å². The van der Waals surface area contributed by atoms with Crippen molar-refractivity contribution >= 4 is 5.91 Å². The van der Waals surface area contributed by atoms with Crippen molar-refractivity contribution in [3.63, 3.8) is 0 Å². The maximum Gasteiger partial charge on any atom is 0.234 e. The Morgan fingerprint density at radius 1 is 0.917 bits per heavy atom. The van der Waals surface area contributed by atoms with E-state index in [1.807, 2.05) is 72.8 Å². The van der Waals surface area contributed by atoms with E-state index >= 15 is 0 Å². The number of nitrogens with one attached hydrogen (secondary N) is 2. The van der Waals surface area contributed by atoms with E-state index in [1.54, 1.807) is 6.26 Å². The van der Waals surface area contributed by atoms with Gasteiger partial charge < -0.3 is 9.73 Å². The van der Waals surface area contributed by atoms with Crippen LogP contribution in [-0.2, 0) is 11.3 Å². The second kappa shape index (κ2) is 8.13. The summed E-state index contributed by atoms with van der Waals surface area (Å²) in [6, 6.07) is 23.4. The van der Waals surface area contributed by atoms with Gasteiger partial charge in [-0.25, -0.2) is 0 Å².